The molecule has 0 N–H and O–H groups in total. The molecule has 1 aliphatic carbocycles. The highest BCUT2D eigenvalue weighted by Crippen LogP contribution is 2.25. The van der Waals surface area contributed by atoms with E-state index in [4.69, 9.17) is 4.74 Å². The fourth-order valence-corrected chi connectivity index (χ4v) is 1.97. The molecule has 120 valence electrons. The van der Waals surface area contributed by atoms with Crippen molar-refractivity contribution < 1.29 is 9.53 Å². The molecular weight excluding hydrogens is 288 g/mol. The minimum Gasteiger partial charge on any atom is -0.410 e. The molecule has 0 bridgehead atoms. The molecule has 1 aromatic rings. The van der Waals surface area contributed by atoms with Gasteiger partial charge in [-0.05, 0) is 70.1 Å². The molecule has 0 fully saturated rings. The quantitative estimate of drug-likeness (QED) is 0.798. The van der Waals surface area contributed by atoms with Gasteiger partial charge in [-0.3, -0.25) is 0 Å². The second-order valence-electron chi connectivity index (χ2n) is 5.74. The van der Waals surface area contributed by atoms with Crippen LogP contribution in [0.5, 0.6) is 5.75 Å². The van der Waals surface area contributed by atoms with Crippen molar-refractivity contribution in [3.05, 3.63) is 29.3 Å². The van der Waals surface area contributed by atoms with Crippen LogP contribution in [0, 0.1) is 0 Å². The van der Waals surface area contributed by atoms with Crippen LogP contribution < -0.4 is 4.74 Å². The van der Waals surface area contributed by atoms with Crippen molar-refractivity contribution in [3.8, 4) is 5.75 Å². The number of benzene rings is 1. The van der Waals surface area contributed by atoms with Crippen LogP contribution in [0.25, 0.3) is 0 Å². The van der Waals surface area contributed by atoms with Crippen LogP contribution in [0.3, 0.4) is 0 Å². The van der Waals surface area contributed by atoms with Gasteiger partial charge in [0.2, 0.25) is 0 Å². The Hall–Kier alpha value is -1.26. The topological polar surface area (TPSA) is 32.8 Å². The van der Waals surface area contributed by atoms with E-state index in [1.807, 2.05) is 38.2 Å². The van der Waals surface area contributed by atoms with Crippen LogP contribution in [-0.4, -0.2) is 51.1 Å². The van der Waals surface area contributed by atoms with Crippen LogP contribution in [0.4, 0.5) is 4.79 Å². The van der Waals surface area contributed by atoms with Crippen molar-refractivity contribution in [2.24, 2.45) is 0 Å². The Bertz CT molecular complexity index is 445. The highest BCUT2D eigenvalue weighted by atomic mass is 35.5. The third-order valence-electron chi connectivity index (χ3n) is 2.89. The standard InChI is InChI=1S/C13H17NO2.C3H9N.ClH/c1-14(2)13(15)16-12-8-7-10-5-3-4-6-11(10)9-12;1-4(2)3;/h7-9H,3-6H2,1-2H3;1-3H3;1H. The van der Waals surface area contributed by atoms with Gasteiger partial charge in [-0.1, -0.05) is 6.07 Å². The number of rotatable bonds is 1. The SMILES string of the molecule is CN(C)C.CN(C)C(=O)Oc1ccc2c(c1)CCCC2.Cl. The van der Waals surface area contributed by atoms with Gasteiger partial charge >= 0.3 is 6.09 Å². The lowest BCUT2D eigenvalue weighted by Gasteiger charge is -2.17. The van der Waals surface area contributed by atoms with Crippen molar-refractivity contribution >= 4 is 18.5 Å². The summed E-state index contributed by atoms with van der Waals surface area (Å²) >= 11 is 0. The Labute approximate surface area is 134 Å². The van der Waals surface area contributed by atoms with Crippen molar-refractivity contribution in [1.29, 1.82) is 0 Å². The first-order chi connectivity index (χ1) is 9.40. The predicted molar refractivity (Wildman–Crippen MR) is 89.7 cm³/mol. The van der Waals surface area contributed by atoms with Gasteiger partial charge in [0.15, 0.2) is 0 Å². The zero-order chi connectivity index (χ0) is 15.1. The second-order valence-corrected chi connectivity index (χ2v) is 5.74. The predicted octanol–water partition coefficient (Wildman–Crippen LogP) is 3.23. The molecule has 0 spiro atoms. The summed E-state index contributed by atoms with van der Waals surface area (Å²) in [5.41, 5.74) is 2.73. The first-order valence-corrected chi connectivity index (χ1v) is 7.02. The van der Waals surface area contributed by atoms with Gasteiger partial charge < -0.3 is 14.5 Å². The lowest BCUT2D eigenvalue weighted by molar-refractivity contribution is 0.172. The van der Waals surface area contributed by atoms with E-state index < -0.39 is 0 Å². The first-order valence-electron chi connectivity index (χ1n) is 7.02. The molecule has 0 atom stereocenters. The average Bonchev–Trinajstić information content (AvgIpc) is 2.37. The summed E-state index contributed by atoms with van der Waals surface area (Å²) < 4.78 is 5.23. The maximum atomic E-state index is 11.4. The van der Waals surface area contributed by atoms with E-state index >= 15 is 0 Å². The number of fused-ring (bicyclic) bond motifs is 1. The molecule has 5 heteroatoms. The highest BCUT2D eigenvalue weighted by Gasteiger charge is 2.12. The van der Waals surface area contributed by atoms with Crippen LogP contribution in [0.1, 0.15) is 24.0 Å². The lowest BCUT2D eigenvalue weighted by Crippen LogP contribution is -2.25. The molecule has 1 amide bonds. The Balaban J connectivity index is 0.000000715. The molecule has 0 saturated heterocycles. The molecule has 0 aliphatic heterocycles. The van der Waals surface area contributed by atoms with E-state index in [9.17, 15) is 4.79 Å². The third kappa shape index (κ3) is 7.34. The number of hydrogen-bond donors (Lipinski definition) is 0. The fraction of sp³-hybridized carbons (Fsp3) is 0.562. The maximum absolute atomic E-state index is 11.4. The van der Waals surface area contributed by atoms with Gasteiger partial charge in [-0.25, -0.2) is 4.79 Å². The Kier molecular flexibility index (Phi) is 9.06. The Morgan fingerprint density at radius 3 is 2.05 bits per heavy atom. The Morgan fingerprint density at radius 1 is 1.00 bits per heavy atom. The zero-order valence-electron chi connectivity index (χ0n) is 13.7. The van der Waals surface area contributed by atoms with Crippen molar-refractivity contribution in [1.82, 2.24) is 9.80 Å². The van der Waals surface area contributed by atoms with Crippen LogP contribution in [0.2, 0.25) is 0 Å². The molecule has 0 saturated carbocycles. The number of carbonyl (C=O) groups excluding carboxylic acids is 1. The van der Waals surface area contributed by atoms with Gasteiger partial charge in [0.1, 0.15) is 5.75 Å². The van der Waals surface area contributed by atoms with E-state index in [0.717, 1.165) is 12.8 Å². The monoisotopic (exact) mass is 314 g/mol. The molecule has 0 aromatic heterocycles. The van der Waals surface area contributed by atoms with E-state index in [0.29, 0.717) is 5.75 Å². The normalized spacial score (nSPS) is 12.5. The van der Waals surface area contributed by atoms with Gasteiger partial charge in [-0.2, -0.15) is 0 Å². The number of aryl methyl sites for hydroxylation is 2. The number of ether oxygens (including phenoxy) is 1. The zero-order valence-corrected chi connectivity index (χ0v) is 14.5. The molecule has 1 aliphatic rings. The molecular formula is C16H27ClN2O2. The number of amides is 1. The summed E-state index contributed by atoms with van der Waals surface area (Å²) in [6.07, 6.45) is 4.43. The van der Waals surface area contributed by atoms with E-state index in [2.05, 4.69) is 6.07 Å². The van der Waals surface area contributed by atoms with Gasteiger partial charge in [0.25, 0.3) is 0 Å². The smallest absolute Gasteiger partial charge is 0.410 e. The fourth-order valence-electron chi connectivity index (χ4n) is 1.97. The first kappa shape index (κ1) is 19.7. The number of carbonyl (C=O) groups is 1. The molecule has 1 aromatic carbocycles. The van der Waals surface area contributed by atoms with E-state index in [-0.39, 0.29) is 18.5 Å². The van der Waals surface area contributed by atoms with Crippen molar-refractivity contribution in [3.63, 3.8) is 0 Å². The van der Waals surface area contributed by atoms with Crippen LogP contribution in [-0.2, 0) is 12.8 Å². The molecule has 0 unspecified atom stereocenters. The summed E-state index contributed by atoms with van der Waals surface area (Å²) in [5.74, 6) is 0.652. The summed E-state index contributed by atoms with van der Waals surface area (Å²) in [7, 11) is 9.36. The summed E-state index contributed by atoms with van der Waals surface area (Å²) in [6.45, 7) is 0. The van der Waals surface area contributed by atoms with Crippen LogP contribution in [0.15, 0.2) is 18.2 Å². The third-order valence-corrected chi connectivity index (χ3v) is 2.89. The molecule has 0 radical (unpaired) electrons. The molecule has 21 heavy (non-hydrogen) atoms. The van der Waals surface area contributed by atoms with Crippen LogP contribution >= 0.6 is 12.4 Å². The minimum absolute atomic E-state index is 0. The largest absolute Gasteiger partial charge is 0.414 e. The second kappa shape index (κ2) is 9.64. The number of hydrogen-bond acceptors (Lipinski definition) is 3. The van der Waals surface area contributed by atoms with E-state index in [1.54, 1.807) is 14.1 Å². The van der Waals surface area contributed by atoms with Crippen molar-refractivity contribution in [2.45, 2.75) is 25.7 Å². The summed E-state index contributed by atoms with van der Waals surface area (Å²) in [4.78, 5) is 14.8. The average molecular weight is 315 g/mol. The van der Waals surface area contributed by atoms with Gasteiger partial charge in [0, 0.05) is 14.1 Å². The molecule has 2 rings (SSSR count). The van der Waals surface area contributed by atoms with E-state index in [1.165, 1.54) is 28.9 Å². The Morgan fingerprint density at radius 2 is 1.52 bits per heavy atom. The van der Waals surface area contributed by atoms with Gasteiger partial charge in [0.05, 0.1) is 0 Å². The molecule has 4 nitrogen and oxygen atoms in total. The van der Waals surface area contributed by atoms with Crippen molar-refractivity contribution in [2.75, 3.05) is 35.2 Å². The maximum Gasteiger partial charge on any atom is 0.414 e. The number of halogens is 1. The minimum atomic E-state index is -0.323. The molecule has 0 heterocycles. The van der Waals surface area contributed by atoms with Gasteiger partial charge in [-0.15, -0.1) is 12.4 Å². The summed E-state index contributed by atoms with van der Waals surface area (Å²) in [5, 5.41) is 0. The number of nitrogens with zero attached hydrogens (tertiary/aromatic N) is 2. The lowest BCUT2D eigenvalue weighted by atomic mass is 9.92. The summed E-state index contributed by atoms with van der Waals surface area (Å²) in [6, 6.07) is 5.95. The highest BCUT2D eigenvalue weighted by molar-refractivity contribution is 5.85.